The van der Waals surface area contributed by atoms with Crippen molar-refractivity contribution in [1.29, 1.82) is 0 Å². The van der Waals surface area contributed by atoms with Crippen LogP contribution in [0.25, 0.3) is 6.08 Å². The van der Waals surface area contributed by atoms with Crippen molar-refractivity contribution in [2.24, 2.45) is 5.92 Å². The van der Waals surface area contributed by atoms with Crippen LogP contribution in [0.15, 0.2) is 54.7 Å². The molecule has 6 nitrogen and oxygen atoms in total. The van der Waals surface area contributed by atoms with Gasteiger partial charge in [-0.25, -0.2) is 4.98 Å². The Labute approximate surface area is 184 Å². The number of anilines is 2. The molecule has 2 aliphatic rings. The first-order chi connectivity index (χ1) is 15.2. The van der Waals surface area contributed by atoms with Gasteiger partial charge in [0.05, 0.1) is 11.9 Å². The van der Waals surface area contributed by atoms with Crippen molar-refractivity contribution in [3.05, 3.63) is 60.3 Å². The number of carbonyl (C=O) groups excluding carboxylic acids is 2. The van der Waals surface area contributed by atoms with Crippen molar-refractivity contribution in [2.45, 2.75) is 32.1 Å². The van der Waals surface area contributed by atoms with E-state index in [-0.39, 0.29) is 17.7 Å². The summed E-state index contributed by atoms with van der Waals surface area (Å²) in [6, 6.07) is 13.7. The summed E-state index contributed by atoms with van der Waals surface area (Å²) in [6.07, 6.45) is 10.3. The molecule has 0 radical (unpaired) electrons. The van der Waals surface area contributed by atoms with Gasteiger partial charge in [-0.05, 0) is 55.9 Å². The van der Waals surface area contributed by atoms with Gasteiger partial charge in [-0.2, -0.15) is 0 Å². The molecule has 0 saturated carbocycles. The molecule has 2 fully saturated rings. The number of nitrogens with one attached hydrogen (secondary N) is 1. The summed E-state index contributed by atoms with van der Waals surface area (Å²) in [4.78, 5) is 33.8. The highest BCUT2D eigenvalue weighted by Gasteiger charge is 2.26. The van der Waals surface area contributed by atoms with E-state index < -0.39 is 0 Å². The summed E-state index contributed by atoms with van der Waals surface area (Å²) in [5.41, 5.74) is 1.74. The molecule has 3 heterocycles. The van der Waals surface area contributed by atoms with E-state index in [1.165, 1.54) is 19.3 Å². The Balaban J connectivity index is 1.24. The summed E-state index contributed by atoms with van der Waals surface area (Å²) >= 11 is 0. The lowest BCUT2D eigenvalue weighted by Gasteiger charge is -2.30. The number of likely N-dealkylation sites (tertiary alicyclic amines) is 1. The van der Waals surface area contributed by atoms with E-state index in [0.29, 0.717) is 25.9 Å². The van der Waals surface area contributed by atoms with E-state index in [1.54, 1.807) is 12.3 Å². The molecular formula is C25H30N4O2. The Morgan fingerprint density at radius 2 is 1.68 bits per heavy atom. The fourth-order valence-corrected chi connectivity index (χ4v) is 4.21. The maximum absolute atomic E-state index is 12.7. The highest BCUT2D eigenvalue weighted by Crippen LogP contribution is 2.22. The molecule has 0 atom stereocenters. The zero-order chi connectivity index (χ0) is 21.5. The van der Waals surface area contributed by atoms with Crippen LogP contribution in [-0.2, 0) is 9.59 Å². The lowest BCUT2D eigenvalue weighted by molar-refractivity contribution is -0.130. The number of benzene rings is 1. The first-order valence-corrected chi connectivity index (χ1v) is 11.2. The van der Waals surface area contributed by atoms with Crippen LogP contribution in [0.3, 0.4) is 0 Å². The summed E-state index contributed by atoms with van der Waals surface area (Å²) < 4.78 is 0. The SMILES string of the molecule is O=C(Nc1ccc(N2CCCCC2)nc1)C1CCN(C(=O)/C=C/c2ccccc2)CC1. The number of hydrogen-bond donors (Lipinski definition) is 1. The maximum Gasteiger partial charge on any atom is 0.246 e. The molecule has 1 aromatic carbocycles. The van der Waals surface area contributed by atoms with Crippen LogP contribution >= 0.6 is 0 Å². The van der Waals surface area contributed by atoms with Crippen molar-refractivity contribution in [3.8, 4) is 0 Å². The largest absolute Gasteiger partial charge is 0.357 e. The number of piperidine rings is 2. The minimum atomic E-state index is -0.0797. The van der Waals surface area contributed by atoms with Gasteiger partial charge in [0.25, 0.3) is 0 Å². The Hall–Kier alpha value is -3.15. The van der Waals surface area contributed by atoms with Crippen LogP contribution in [0, 0.1) is 5.92 Å². The Morgan fingerprint density at radius 3 is 2.35 bits per heavy atom. The van der Waals surface area contributed by atoms with E-state index in [9.17, 15) is 9.59 Å². The second-order valence-electron chi connectivity index (χ2n) is 8.29. The van der Waals surface area contributed by atoms with Crippen molar-refractivity contribution in [2.75, 3.05) is 36.4 Å². The van der Waals surface area contributed by atoms with Crippen LogP contribution < -0.4 is 10.2 Å². The number of pyridine rings is 1. The average Bonchev–Trinajstić information content (AvgIpc) is 2.84. The molecule has 6 heteroatoms. The van der Waals surface area contributed by atoms with Crippen molar-refractivity contribution >= 4 is 29.4 Å². The lowest BCUT2D eigenvalue weighted by Crippen LogP contribution is -2.40. The fourth-order valence-electron chi connectivity index (χ4n) is 4.21. The van der Waals surface area contributed by atoms with Gasteiger partial charge in [0.1, 0.15) is 5.82 Å². The monoisotopic (exact) mass is 418 g/mol. The predicted molar refractivity (Wildman–Crippen MR) is 124 cm³/mol. The number of hydrogen-bond acceptors (Lipinski definition) is 4. The standard InChI is InChI=1S/C25H30N4O2/c30-24(12-9-20-7-3-1-4-8-20)29-17-13-21(14-18-29)25(31)27-22-10-11-23(26-19-22)28-15-5-2-6-16-28/h1,3-4,7-12,19,21H,2,5-6,13-18H2,(H,27,31)/b12-9+. The first-order valence-electron chi connectivity index (χ1n) is 11.2. The van der Waals surface area contributed by atoms with Gasteiger partial charge < -0.3 is 15.1 Å². The molecule has 0 bridgehead atoms. The molecule has 4 rings (SSSR count). The Bertz CT molecular complexity index is 897. The van der Waals surface area contributed by atoms with Gasteiger partial charge in [0.15, 0.2) is 0 Å². The Kier molecular flexibility index (Phi) is 6.97. The third kappa shape index (κ3) is 5.72. The highest BCUT2D eigenvalue weighted by atomic mass is 16.2. The van der Waals surface area contributed by atoms with Crippen molar-refractivity contribution in [1.82, 2.24) is 9.88 Å². The number of carbonyl (C=O) groups is 2. The molecular weight excluding hydrogens is 388 g/mol. The van der Waals surface area contributed by atoms with Gasteiger partial charge in [-0.3, -0.25) is 9.59 Å². The van der Waals surface area contributed by atoms with Gasteiger partial charge in [0.2, 0.25) is 11.8 Å². The lowest BCUT2D eigenvalue weighted by atomic mass is 9.95. The van der Waals surface area contributed by atoms with E-state index in [2.05, 4.69) is 15.2 Å². The number of amides is 2. The summed E-state index contributed by atoms with van der Waals surface area (Å²) in [6.45, 7) is 3.30. The number of rotatable bonds is 5. The van der Waals surface area contributed by atoms with E-state index in [4.69, 9.17) is 0 Å². The second kappa shape index (κ2) is 10.2. The molecule has 162 valence electrons. The van der Waals surface area contributed by atoms with Crippen LogP contribution in [0.4, 0.5) is 11.5 Å². The molecule has 0 unspecified atom stereocenters. The summed E-state index contributed by atoms with van der Waals surface area (Å²) in [7, 11) is 0. The smallest absolute Gasteiger partial charge is 0.246 e. The zero-order valence-corrected chi connectivity index (χ0v) is 17.9. The third-order valence-electron chi connectivity index (χ3n) is 6.09. The molecule has 2 aromatic rings. The second-order valence-corrected chi connectivity index (χ2v) is 8.29. The molecule has 31 heavy (non-hydrogen) atoms. The molecule has 2 saturated heterocycles. The topological polar surface area (TPSA) is 65.5 Å². The van der Waals surface area contributed by atoms with Crippen LogP contribution in [0.2, 0.25) is 0 Å². The maximum atomic E-state index is 12.7. The van der Waals surface area contributed by atoms with E-state index in [1.807, 2.05) is 53.4 Å². The third-order valence-corrected chi connectivity index (χ3v) is 6.09. The normalized spacial score (nSPS) is 17.7. The average molecular weight is 419 g/mol. The van der Waals surface area contributed by atoms with Crippen molar-refractivity contribution in [3.63, 3.8) is 0 Å². The highest BCUT2D eigenvalue weighted by molar-refractivity contribution is 5.94. The molecule has 0 aliphatic carbocycles. The fraction of sp³-hybridized carbons (Fsp3) is 0.400. The molecule has 2 aliphatic heterocycles. The molecule has 1 aromatic heterocycles. The Morgan fingerprint density at radius 1 is 0.935 bits per heavy atom. The van der Waals surface area contributed by atoms with Gasteiger partial charge in [-0.1, -0.05) is 30.3 Å². The van der Waals surface area contributed by atoms with Gasteiger partial charge in [0, 0.05) is 38.2 Å². The number of aromatic nitrogens is 1. The quantitative estimate of drug-likeness (QED) is 0.747. The summed E-state index contributed by atoms with van der Waals surface area (Å²) in [5.74, 6) is 0.914. The van der Waals surface area contributed by atoms with Crippen LogP contribution in [0.1, 0.15) is 37.7 Å². The minimum Gasteiger partial charge on any atom is -0.357 e. The molecule has 2 amide bonds. The predicted octanol–water partition coefficient (Wildman–Crippen LogP) is 3.96. The number of nitrogens with zero attached hydrogens (tertiary/aromatic N) is 3. The van der Waals surface area contributed by atoms with E-state index in [0.717, 1.165) is 30.2 Å². The minimum absolute atomic E-state index is 0.000197. The van der Waals surface area contributed by atoms with Crippen LogP contribution in [0.5, 0.6) is 0 Å². The van der Waals surface area contributed by atoms with Gasteiger partial charge >= 0.3 is 0 Å². The van der Waals surface area contributed by atoms with E-state index >= 15 is 0 Å². The van der Waals surface area contributed by atoms with Gasteiger partial charge in [-0.15, -0.1) is 0 Å². The van der Waals surface area contributed by atoms with Crippen LogP contribution in [-0.4, -0.2) is 47.9 Å². The molecule has 0 spiro atoms. The summed E-state index contributed by atoms with van der Waals surface area (Å²) in [5, 5.41) is 3.00. The molecule has 1 N–H and O–H groups in total. The zero-order valence-electron chi connectivity index (χ0n) is 17.9. The first kappa shape index (κ1) is 21.1. The van der Waals surface area contributed by atoms with Crippen molar-refractivity contribution < 1.29 is 9.59 Å².